The van der Waals surface area contributed by atoms with Crippen molar-refractivity contribution >= 4 is 23.7 Å². The van der Waals surface area contributed by atoms with Crippen LogP contribution in [-0.2, 0) is 4.79 Å². The van der Waals surface area contributed by atoms with Gasteiger partial charge in [-0.2, -0.15) is 0 Å². The lowest BCUT2D eigenvalue weighted by molar-refractivity contribution is 0.564. The summed E-state index contributed by atoms with van der Waals surface area (Å²) >= 11 is 1.55. The lowest BCUT2D eigenvalue weighted by Gasteiger charge is -1.92. The van der Waals surface area contributed by atoms with Gasteiger partial charge >= 0.3 is 0 Å². The van der Waals surface area contributed by atoms with Crippen molar-refractivity contribution in [2.75, 3.05) is 0 Å². The summed E-state index contributed by atoms with van der Waals surface area (Å²) in [5, 5.41) is 0.959. The van der Waals surface area contributed by atoms with Crippen molar-refractivity contribution in [1.29, 1.82) is 0 Å². The molecule has 0 aliphatic carbocycles. The molecular weight excluding hydrogens is 206 g/mol. The van der Waals surface area contributed by atoms with Gasteiger partial charge in [0.2, 0.25) is 6.29 Å². The Morgan fingerprint density at radius 1 is 1.27 bits per heavy atom. The second-order valence-electron chi connectivity index (χ2n) is 2.88. The minimum atomic E-state index is 0.956. The molecule has 1 aromatic heterocycles. The summed E-state index contributed by atoms with van der Waals surface area (Å²) in [5.41, 5.74) is 1.09. The van der Waals surface area contributed by atoms with Crippen molar-refractivity contribution in [1.82, 2.24) is 4.98 Å². The summed E-state index contributed by atoms with van der Waals surface area (Å²) in [7, 11) is 0. The molecule has 2 rings (SSSR count). The molecule has 0 atom stereocenters. The van der Waals surface area contributed by atoms with Gasteiger partial charge in [-0.25, -0.2) is 4.98 Å². The molecule has 0 aliphatic rings. The van der Waals surface area contributed by atoms with Crippen LogP contribution in [0.15, 0.2) is 42.6 Å². The minimum absolute atomic E-state index is 0.956. The SMILES string of the molecule is O=[C]/C=C/c1cnc(-c2ccccc2)s1. The third-order valence-electron chi connectivity index (χ3n) is 1.86. The number of aromatic nitrogens is 1. The monoisotopic (exact) mass is 214 g/mol. The van der Waals surface area contributed by atoms with Gasteiger partial charge in [0.25, 0.3) is 0 Å². The van der Waals surface area contributed by atoms with E-state index in [0.29, 0.717) is 0 Å². The quantitative estimate of drug-likeness (QED) is 0.735. The molecule has 0 unspecified atom stereocenters. The maximum Gasteiger partial charge on any atom is 0.225 e. The topological polar surface area (TPSA) is 30.0 Å². The molecule has 0 saturated carbocycles. The van der Waals surface area contributed by atoms with Crippen molar-refractivity contribution < 1.29 is 4.79 Å². The predicted octanol–water partition coefficient (Wildman–Crippen LogP) is 2.93. The number of thiazole rings is 1. The van der Waals surface area contributed by atoms with E-state index in [1.807, 2.05) is 30.3 Å². The smallest absolute Gasteiger partial charge is 0.225 e. The van der Waals surface area contributed by atoms with E-state index in [4.69, 9.17) is 0 Å². The Morgan fingerprint density at radius 2 is 2.07 bits per heavy atom. The summed E-state index contributed by atoms with van der Waals surface area (Å²) in [6, 6.07) is 9.95. The first kappa shape index (κ1) is 9.80. The van der Waals surface area contributed by atoms with E-state index >= 15 is 0 Å². The van der Waals surface area contributed by atoms with E-state index in [0.717, 1.165) is 15.4 Å². The fourth-order valence-electron chi connectivity index (χ4n) is 1.19. The average Bonchev–Trinajstić information content (AvgIpc) is 2.76. The van der Waals surface area contributed by atoms with Crippen LogP contribution in [-0.4, -0.2) is 11.3 Å². The summed E-state index contributed by atoms with van der Waals surface area (Å²) in [6.07, 6.45) is 6.52. The molecule has 0 bridgehead atoms. The standard InChI is InChI=1S/C12H8NOS/c14-8-4-7-11-9-13-12(15-11)10-5-2-1-3-6-10/h1-7,9H/b7-4+. The second-order valence-corrected chi connectivity index (χ2v) is 3.95. The van der Waals surface area contributed by atoms with E-state index in [2.05, 4.69) is 4.98 Å². The van der Waals surface area contributed by atoms with E-state index in [9.17, 15) is 4.79 Å². The molecule has 73 valence electrons. The van der Waals surface area contributed by atoms with Crippen molar-refractivity contribution in [2.45, 2.75) is 0 Å². The first-order valence-electron chi connectivity index (χ1n) is 4.45. The molecule has 0 spiro atoms. The Bertz CT molecular complexity index is 473. The first-order chi connectivity index (χ1) is 7.40. The normalized spacial score (nSPS) is 10.7. The number of allylic oxidation sites excluding steroid dienone is 1. The van der Waals surface area contributed by atoms with Crippen LogP contribution in [0.25, 0.3) is 16.6 Å². The lowest BCUT2D eigenvalue weighted by atomic mass is 10.2. The zero-order valence-corrected chi connectivity index (χ0v) is 8.70. The first-order valence-corrected chi connectivity index (χ1v) is 5.27. The van der Waals surface area contributed by atoms with Gasteiger partial charge in [-0.3, -0.25) is 4.79 Å². The third kappa shape index (κ3) is 2.39. The lowest BCUT2D eigenvalue weighted by Crippen LogP contribution is -1.71. The van der Waals surface area contributed by atoms with Gasteiger partial charge in [0.15, 0.2) is 0 Å². The molecule has 0 N–H and O–H groups in total. The van der Waals surface area contributed by atoms with Crippen LogP contribution in [0.3, 0.4) is 0 Å². The third-order valence-corrected chi connectivity index (χ3v) is 2.87. The number of nitrogens with zero attached hydrogens (tertiary/aromatic N) is 1. The molecule has 1 heterocycles. The maximum atomic E-state index is 10.0. The van der Waals surface area contributed by atoms with Crippen molar-refractivity contribution in [3.8, 4) is 10.6 Å². The molecule has 1 aromatic carbocycles. The molecule has 1 radical (unpaired) electrons. The van der Waals surface area contributed by atoms with Crippen LogP contribution in [0.5, 0.6) is 0 Å². The van der Waals surface area contributed by atoms with Gasteiger partial charge in [0.05, 0.1) is 0 Å². The van der Waals surface area contributed by atoms with Crippen LogP contribution in [0.2, 0.25) is 0 Å². The van der Waals surface area contributed by atoms with E-state index < -0.39 is 0 Å². The molecule has 0 fully saturated rings. The molecule has 0 amide bonds. The zero-order valence-electron chi connectivity index (χ0n) is 7.88. The number of benzene rings is 1. The molecular formula is C12H8NOS. The number of hydrogen-bond acceptors (Lipinski definition) is 3. The van der Waals surface area contributed by atoms with Gasteiger partial charge in [0, 0.05) is 16.6 Å². The fourth-order valence-corrected chi connectivity index (χ4v) is 2.02. The van der Waals surface area contributed by atoms with Crippen LogP contribution in [0.4, 0.5) is 0 Å². The highest BCUT2D eigenvalue weighted by atomic mass is 32.1. The van der Waals surface area contributed by atoms with Crippen molar-refractivity contribution in [3.63, 3.8) is 0 Å². The Balaban J connectivity index is 2.28. The molecule has 0 saturated heterocycles. The van der Waals surface area contributed by atoms with Gasteiger partial charge in [-0.05, 0) is 12.2 Å². The van der Waals surface area contributed by atoms with Crippen LogP contribution < -0.4 is 0 Å². The highest BCUT2D eigenvalue weighted by Crippen LogP contribution is 2.25. The molecule has 2 aromatic rings. The van der Waals surface area contributed by atoms with E-state index in [-0.39, 0.29) is 0 Å². The summed E-state index contributed by atoms with van der Waals surface area (Å²) in [6.45, 7) is 0. The van der Waals surface area contributed by atoms with Gasteiger partial charge in [0.1, 0.15) is 5.01 Å². The van der Waals surface area contributed by atoms with E-state index in [1.54, 1.807) is 29.9 Å². The highest BCUT2D eigenvalue weighted by Gasteiger charge is 2.01. The Hall–Kier alpha value is -1.74. The Labute approximate surface area is 91.9 Å². The largest absolute Gasteiger partial charge is 0.286 e. The van der Waals surface area contributed by atoms with Gasteiger partial charge < -0.3 is 0 Å². The highest BCUT2D eigenvalue weighted by molar-refractivity contribution is 7.15. The predicted molar refractivity (Wildman–Crippen MR) is 62.3 cm³/mol. The number of hydrogen-bond donors (Lipinski definition) is 0. The number of rotatable bonds is 3. The molecule has 2 nitrogen and oxygen atoms in total. The summed E-state index contributed by atoms with van der Waals surface area (Å²) in [5.74, 6) is 0. The second kappa shape index (κ2) is 4.66. The van der Waals surface area contributed by atoms with Gasteiger partial charge in [-0.15, -0.1) is 11.3 Å². The molecule has 15 heavy (non-hydrogen) atoms. The summed E-state index contributed by atoms with van der Waals surface area (Å²) < 4.78 is 0. The van der Waals surface area contributed by atoms with Crippen molar-refractivity contribution in [3.05, 3.63) is 47.5 Å². The molecule has 0 aliphatic heterocycles. The fraction of sp³-hybridized carbons (Fsp3) is 0. The van der Waals surface area contributed by atoms with Crippen LogP contribution in [0.1, 0.15) is 4.88 Å². The minimum Gasteiger partial charge on any atom is -0.286 e. The Morgan fingerprint density at radius 3 is 2.80 bits per heavy atom. The maximum absolute atomic E-state index is 10.0. The van der Waals surface area contributed by atoms with Crippen molar-refractivity contribution in [2.24, 2.45) is 0 Å². The molecule has 3 heteroatoms. The van der Waals surface area contributed by atoms with Crippen LogP contribution >= 0.6 is 11.3 Å². The van der Waals surface area contributed by atoms with Gasteiger partial charge in [-0.1, -0.05) is 30.3 Å². The number of carbonyl (C=O) groups excluding carboxylic acids is 1. The average molecular weight is 214 g/mol. The van der Waals surface area contributed by atoms with Crippen LogP contribution in [0, 0.1) is 0 Å². The zero-order chi connectivity index (χ0) is 10.5. The van der Waals surface area contributed by atoms with E-state index in [1.165, 1.54) is 6.08 Å². The Kier molecular flexibility index (Phi) is 3.05. The summed E-state index contributed by atoms with van der Waals surface area (Å²) in [4.78, 5) is 15.3.